The highest BCUT2D eigenvalue weighted by atomic mass is 16.2. The number of benzene rings is 3. The number of nitrogen functional groups attached to an aromatic ring is 1. The zero-order chi connectivity index (χ0) is 16.8. The van der Waals surface area contributed by atoms with Gasteiger partial charge >= 0.3 is 6.03 Å². The lowest BCUT2D eigenvalue weighted by Crippen LogP contribution is -2.33. The molecule has 4 N–H and O–H groups in total. The molecule has 2 amide bonds. The molecule has 0 bridgehead atoms. The van der Waals surface area contributed by atoms with Crippen molar-refractivity contribution < 1.29 is 4.79 Å². The summed E-state index contributed by atoms with van der Waals surface area (Å²) in [4.78, 5) is 12.4. The van der Waals surface area contributed by atoms with Crippen LogP contribution in [-0.2, 0) is 0 Å². The highest BCUT2D eigenvalue weighted by Crippen LogP contribution is 2.22. The summed E-state index contributed by atoms with van der Waals surface area (Å²) in [5.41, 5.74) is 9.07. The van der Waals surface area contributed by atoms with Gasteiger partial charge in [0, 0.05) is 11.4 Å². The molecule has 0 atom stereocenters. The van der Waals surface area contributed by atoms with Crippen LogP contribution in [0, 0.1) is 0 Å². The van der Waals surface area contributed by atoms with Crippen LogP contribution < -0.4 is 16.4 Å². The van der Waals surface area contributed by atoms with Gasteiger partial charge in [-0.2, -0.15) is 0 Å². The van der Waals surface area contributed by atoms with Gasteiger partial charge in [-0.3, -0.25) is 0 Å². The van der Waals surface area contributed by atoms with E-state index in [9.17, 15) is 4.79 Å². The van der Waals surface area contributed by atoms with E-state index in [1.165, 1.54) is 0 Å². The second-order valence-electron chi connectivity index (χ2n) is 5.47. The SMILES string of the molecule is Nc1ccc(NC(=O)NC(c2ccccc2)c2ccccc2)cc1. The number of hydrogen-bond donors (Lipinski definition) is 3. The van der Waals surface area contributed by atoms with E-state index < -0.39 is 0 Å². The Kier molecular flexibility index (Phi) is 4.77. The van der Waals surface area contributed by atoms with Crippen LogP contribution in [0.4, 0.5) is 16.2 Å². The Morgan fingerprint density at radius 1 is 0.750 bits per heavy atom. The molecule has 0 heterocycles. The molecule has 0 spiro atoms. The van der Waals surface area contributed by atoms with Gasteiger partial charge in [0.25, 0.3) is 0 Å². The number of urea groups is 1. The number of amides is 2. The van der Waals surface area contributed by atoms with Crippen LogP contribution in [0.5, 0.6) is 0 Å². The summed E-state index contributed by atoms with van der Waals surface area (Å²) in [6.07, 6.45) is 0. The van der Waals surface area contributed by atoms with Gasteiger partial charge in [-0.15, -0.1) is 0 Å². The van der Waals surface area contributed by atoms with Gasteiger partial charge in [-0.05, 0) is 35.4 Å². The Hall–Kier alpha value is -3.27. The molecule has 0 unspecified atom stereocenters. The third-order valence-electron chi connectivity index (χ3n) is 3.71. The predicted octanol–water partition coefficient (Wildman–Crippen LogP) is 4.18. The highest BCUT2D eigenvalue weighted by Gasteiger charge is 2.16. The van der Waals surface area contributed by atoms with Crippen LogP contribution in [0.1, 0.15) is 17.2 Å². The molecule has 0 aromatic heterocycles. The quantitative estimate of drug-likeness (QED) is 0.632. The average molecular weight is 317 g/mol. The van der Waals surface area contributed by atoms with Crippen molar-refractivity contribution in [3.05, 3.63) is 96.1 Å². The summed E-state index contributed by atoms with van der Waals surface area (Å²) < 4.78 is 0. The first-order valence-corrected chi connectivity index (χ1v) is 7.75. The van der Waals surface area contributed by atoms with Crippen molar-refractivity contribution >= 4 is 17.4 Å². The van der Waals surface area contributed by atoms with E-state index in [0.717, 1.165) is 11.1 Å². The van der Waals surface area contributed by atoms with Crippen molar-refractivity contribution in [1.82, 2.24) is 5.32 Å². The lowest BCUT2D eigenvalue weighted by molar-refractivity contribution is 0.250. The Morgan fingerprint density at radius 3 is 1.75 bits per heavy atom. The van der Waals surface area contributed by atoms with Gasteiger partial charge in [0.15, 0.2) is 0 Å². The second kappa shape index (κ2) is 7.33. The largest absolute Gasteiger partial charge is 0.399 e. The molecule has 0 fully saturated rings. The maximum atomic E-state index is 12.4. The Bertz CT molecular complexity index is 747. The summed E-state index contributed by atoms with van der Waals surface area (Å²) in [7, 11) is 0. The molecule has 0 radical (unpaired) electrons. The predicted molar refractivity (Wildman–Crippen MR) is 97.7 cm³/mol. The van der Waals surface area contributed by atoms with E-state index in [-0.39, 0.29) is 12.1 Å². The maximum Gasteiger partial charge on any atom is 0.319 e. The lowest BCUT2D eigenvalue weighted by Gasteiger charge is -2.20. The van der Waals surface area contributed by atoms with Crippen molar-refractivity contribution in [3.63, 3.8) is 0 Å². The summed E-state index contributed by atoms with van der Waals surface area (Å²) in [6, 6.07) is 26.3. The van der Waals surface area contributed by atoms with E-state index in [1.54, 1.807) is 24.3 Å². The Labute approximate surface area is 141 Å². The molecule has 0 aliphatic carbocycles. The highest BCUT2D eigenvalue weighted by molar-refractivity contribution is 5.90. The van der Waals surface area contributed by atoms with Gasteiger partial charge in [-0.25, -0.2) is 4.79 Å². The fourth-order valence-electron chi connectivity index (χ4n) is 2.51. The lowest BCUT2D eigenvalue weighted by atomic mass is 9.99. The van der Waals surface area contributed by atoms with Gasteiger partial charge < -0.3 is 16.4 Å². The maximum absolute atomic E-state index is 12.4. The molecule has 24 heavy (non-hydrogen) atoms. The molecule has 3 aromatic rings. The molecule has 0 saturated carbocycles. The zero-order valence-corrected chi connectivity index (χ0v) is 13.1. The summed E-state index contributed by atoms with van der Waals surface area (Å²) >= 11 is 0. The van der Waals surface area contributed by atoms with E-state index in [4.69, 9.17) is 5.73 Å². The number of nitrogens with two attached hydrogens (primary N) is 1. The van der Waals surface area contributed by atoms with Gasteiger partial charge in [-0.1, -0.05) is 60.7 Å². The minimum Gasteiger partial charge on any atom is -0.399 e. The fourth-order valence-corrected chi connectivity index (χ4v) is 2.51. The summed E-state index contributed by atoms with van der Waals surface area (Å²) in [5, 5.41) is 5.86. The third kappa shape index (κ3) is 3.93. The normalized spacial score (nSPS) is 10.4. The van der Waals surface area contributed by atoms with Gasteiger partial charge in [0.05, 0.1) is 6.04 Å². The minimum atomic E-state index is -0.266. The molecule has 0 aliphatic heterocycles. The zero-order valence-electron chi connectivity index (χ0n) is 13.1. The van der Waals surface area contributed by atoms with E-state index >= 15 is 0 Å². The summed E-state index contributed by atoms with van der Waals surface area (Å²) in [5.74, 6) is 0. The topological polar surface area (TPSA) is 67.1 Å². The molecule has 0 aliphatic rings. The van der Waals surface area contributed by atoms with Crippen molar-refractivity contribution in [2.75, 3.05) is 11.1 Å². The van der Waals surface area contributed by atoms with Crippen molar-refractivity contribution in [2.45, 2.75) is 6.04 Å². The molecular formula is C20H19N3O. The fraction of sp³-hybridized carbons (Fsp3) is 0.0500. The smallest absolute Gasteiger partial charge is 0.319 e. The van der Waals surface area contributed by atoms with Gasteiger partial charge in [0.2, 0.25) is 0 Å². The average Bonchev–Trinajstić information content (AvgIpc) is 2.63. The van der Waals surface area contributed by atoms with Crippen LogP contribution in [0.15, 0.2) is 84.9 Å². The number of carbonyl (C=O) groups excluding carboxylic acids is 1. The number of rotatable bonds is 4. The number of nitrogens with one attached hydrogen (secondary N) is 2. The molecule has 3 aromatic carbocycles. The first-order valence-electron chi connectivity index (χ1n) is 7.75. The van der Waals surface area contributed by atoms with Crippen LogP contribution in [0.2, 0.25) is 0 Å². The molecule has 0 saturated heterocycles. The Balaban J connectivity index is 1.79. The molecular weight excluding hydrogens is 298 g/mol. The minimum absolute atomic E-state index is 0.221. The van der Waals surface area contributed by atoms with E-state index in [2.05, 4.69) is 10.6 Å². The van der Waals surface area contributed by atoms with Crippen molar-refractivity contribution in [2.24, 2.45) is 0 Å². The molecule has 4 heteroatoms. The third-order valence-corrected chi connectivity index (χ3v) is 3.71. The van der Waals surface area contributed by atoms with Crippen LogP contribution >= 0.6 is 0 Å². The Morgan fingerprint density at radius 2 is 1.25 bits per heavy atom. The van der Waals surface area contributed by atoms with Crippen molar-refractivity contribution in [1.29, 1.82) is 0 Å². The second-order valence-corrected chi connectivity index (χ2v) is 5.47. The monoisotopic (exact) mass is 317 g/mol. The first-order chi connectivity index (χ1) is 11.7. The van der Waals surface area contributed by atoms with Gasteiger partial charge in [0.1, 0.15) is 0 Å². The number of hydrogen-bond acceptors (Lipinski definition) is 2. The molecule has 120 valence electrons. The first kappa shape index (κ1) is 15.6. The van der Waals surface area contributed by atoms with Crippen LogP contribution in [0.3, 0.4) is 0 Å². The number of anilines is 2. The van der Waals surface area contributed by atoms with Crippen LogP contribution in [-0.4, -0.2) is 6.03 Å². The summed E-state index contributed by atoms with van der Waals surface area (Å²) in [6.45, 7) is 0. The van der Waals surface area contributed by atoms with Crippen molar-refractivity contribution in [3.8, 4) is 0 Å². The molecule has 3 rings (SSSR count). The van der Waals surface area contributed by atoms with E-state index in [1.807, 2.05) is 60.7 Å². The molecule has 4 nitrogen and oxygen atoms in total. The van der Waals surface area contributed by atoms with E-state index in [0.29, 0.717) is 11.4 Å². The van der Waals surface area contributed by atoms with Crippen LogP contribution in [0.25, 0.3) is 0 Å². The standard InChI is InChI=1S/C20H19N3O/c21-17-11-13-18(14-12-17)22-20(24)23-19(15-7-3-1-4-8-15)16-9-5-2-6-10-16/h1-14,19H,21H2,(H2,22,23,24). The number of carbonyl (C=O) groups is 1.